The van der Waals surface area contributed by atoms with Gasteiger partial charge in [-0.1, -0.05) is 0 Å². The van der Waals surface area contributed by atoms with Gasteiger partial charge in [-0.3, -0.25) is 25.3 Å². The largest absolute Gasteiger partial charge is 1.00 e. The fraction of sp³-hybridized carbons (Fsp3) is 0.750. The van der Waals surface area contributed by atoms with Crippen LogP contribution in [0.25, 0.3) is 0 Å². The second-order valence-corrected chi connectivity index (χ2v) is 9.51. The molecule has 6 nitrogen and oxygen atoms in total. The Morgan fingerprint density at radius 3 is 0.696 bits per heavy atom. The van der Waals surface area contributed by atoms with Crippen LogP contribution in [0, 0.1) is 3.91 Å². The molecule has 0 aromatic rings. The molecular formula is C4F9KO6S3. The van der Waals surface area contributed by atoms with E-state index in [1.54, 1.807) is 0 Å². The summed E-state index contributed by atoms with van der Waals surface area (Å²) >= 11 is 0. The van der Waals surface area contributed by atoms with E-state index in [1.165, 1.54) is 0 Å². The molecule has 0 aliphatic carbocycles. The summed E-state index contributed by atoms with van der Waals surface area (Å²) in [6, 6.07) is 0. The van der Waals surface area contributed by atoms with E-state index >= 15 is 0 Å². The topological polar surface area (TPSA) is 102 Å². The van der Waals surface area contributed by atoms with E-state index in [9.17, 15) is 64.8 Å². The van der Waals surface area contributed by atoms with Crippen LogP contribution < -0.4 is 51.4 Å². The number of alkyl halides is 9. The molecule has 0 aromatic carbocycles. The number of sulfone groups is 3. The molecule has 0 saturated carbocycles. The van der Waals surface area contributed by atoms with E-state index in [0.29, 0.717) is 0 Å². The fourth-order valence-corrected chi connectivity index (χ4v) is 6.45. The molecule has 134 valence electrons. The predicted octanol–water partition coefficient (Wildman–Crippen LogP) is -1.76. The molecule has 0 fully saturated rings. The Balaban J connectivity index is 0. The van der Waals surface area contributed by atoms with Crippen LogP contribution in [0.1, 0.15) is 0 Å². The Morgan fingerprint density at radius 1 is 0.478 bits per heavy atom. The van der Waals surface area contributed by atoms with Crippen molar-refractivity contribution in [3.63, 3.8) is 0 Å². The molecule has 0 radical (unpaired) electrons. The summed E-state index contributed by atoms with van der Waals surface area (Å²) in [7, 11) is -24.1. The Hall–Kier alpha value is 0.856. The standard InChI is InChI=1S/C4F9O6S3.K/c5-2(6,7)20(14,15)1(21(16,17)3(8,9)10)22(18,19)4(11,12)13;/q-1;+1. The summed E-state index contributed by atoms with van der Waals surface area (Å²) in [6.07, 6.45) is 0. The van der Waals surface area contributed by atoms with Gasteiger partial charge in [-0.05, 0) is 0 Å². The number of hydrogen-bond donors (Lipinski definition) is 0. The maximum atomic E-state index is 12.0. The minimum Gasteiger partial charge on any atom is -0.251 e. The second-order valence-electron chi connectivity index (χ2n) is 3.10. The van der Waals surface area contributed by atoms with E-state index in [4.69, 9.17) is 0 Å². The third-order valence-electron chi connectivity index (χ3n) is 1.57. The smallest absolute Gasteiger partial charge is 0.251 e. The van der Waals surface area contributed by atoms with Crippen molar-refractivity contribution in [2.24, 2.45) is 0 Å². The van der Waals surface area contributed by atoms with Crippen LogP contribution >= 0.6 is 0 Å². The first kappa shape index (κ1) is 26.1. The van der Waals surface area contributed by atoms with Crippen molar-refractivity contribution < 1.29 is 116 Å². The summed E-state index contributed by atoms with van der Waals surface area (Å²) in [4.78, 5) is 0. The Bertz CT molecular complexity index is 634. The molecule has 0 aliphatic rings. The molecule has 0 N–H and O–H groups in total. The first-order valence-corrected chi connectivity index (χ1v) is 8.38. The first-order chi connectivity index (χ1) is 9.12. The molecule has 0 rings (SSSR count). The van der Waals surface area contributed by atoms with E-state index in [1.807, 2.05) is 0 Å². The third kappa shape index (κ3) is 4.73. The Kier molecular flexibility index (Phi) is 7.80. The Morgan fingerprint density at radius 2 is 0.609 bits per heavy atom. The van der Waals surface area contributed by atoms with Gasteiger partial charge in [0.15, 0.2) is 29.5 Å². The maximum Gasteiger partial charge on any atom is 1.00 e. The summed E-state index contributed by atoms with van der Waals surface area (Å²) < 4.78 is 167. The van der Waals surface area contributed by atoms with Gasteiger partial charge in [-0.15, -0.1) is 0 Å². The molecule has 0 unspecified atom stereocenters. The summed E-state index contributed by atoms with van der Waals surface area (Å²) in [6.45, 7) is 0. The zero-order valence-electron chi connectivity index (χ0n) is 10.1. The zero-order valence-corrected chi connectivity index (χ0v) is 15.6. The summed E-state index contributed by atoms with van der Waals surface area (Å²) in [5.41, 5.74) is -21.2. The van der Waals surface area contributed by atoms with Crippen LogP contribution in [-0.2, 0) is 29.5 Å². The number of halogens is 9. The molecule has 0 saturated heterocycles. The van der Waals surface area contributed by atoms with Gasteiger partial charge in [0.25, 0.3) is 0 Å². The molecule has 19 heteroatoms. The Labute approximate surface area is 164 Å². The molecule has 0 bridgehead atoms. The SMILES string of the molecule is O=S(=O)([C-](S(=O)(=O)C(F)(F)F)S(=O)(=O)C(F)(F)F)C(F)(F)F.[K+]. The molecule has 23 heavy (non-hydrogen) atoms. The van der Waals surface area contributed by atoms with Crippen LogP contribution in [0.15, 0.2) is 0 Å². The van der Waals surface area contributed by atoms with E-state index < -0.39 is 50.0 Å². The van der Waals surface area contributed by atoms with Gasteiger partial charge in [-0.25, -0.2) is 0 Å². The van der Waals surface area contributed by atoms with Gasteiger partial charge in [0.2, 0.25) is 0 Å². The van der Waals surface area contributed by atoms with Gasteiger partial charge >= 0.3 is 67.9 Å². The summed E-state index contributed by atoms with van der Waals surface area (Å²) in [5.74, 6) is 0. The average molecular weight is 450 g/mol. The van der Waals surface area contributed by atoms with Crippen molar-refractivity contribution in [2.45, 2.75) is 16.5 Å². The van der Waals surface area contributed by atoms with Crippen LogP contribution in [-0.4, -0.2) is 41.8 Å². The zero-order chi connectivity index (χ0) is 18.6. The molecular weight excluding hydrogens is 450 g/mol. The minimum atomic E-state index is -8.02. The van der Waals surface area contributed by atoms with E-state index in [2.05, 4.69) is 0 Å². The van der Waals surface area contributed by atoms with Crippen LogP contribution in [0.5, 0.6) is 0 Å². The van der Waals surface area contributed by atoms with Crippen LogP contribution in [0.4, 0.5) is 39.5 Å². The predicted molar refractivity (Wildman–Crippen MR) is 48.2 cm³/mol. The third-order valence-corrected chi connectivity index (χ3v) is 8.67. The monoisotopic (exact) mass is 450 g/mol. The quantitative estimate of drug-likeness (QED) is 0.287. The van der Waals surface area contributed by atoms with Crippen molar-refractivity contribution in [3.05, 3.63) is 3.91 Å². The molecule has 0 amide bonds. The number of rotatable bonds is 3. The van der Waals surface area contributed by atoms with Crippen molar-refractivity contribution in [1.82, 2.24) is 0 Å². The minimum absolute atomic E-state index is 0. The van der Waals surface area contributed by atoms with Gasteiger partial charge in [0, 0.05) is 0 Å². The first-order valence-electron chi connectivity index (χ1n) is 3.93. The van der Waals surface area contributed by atoms with Crippen molar-refractivity contribution >= 4 is 29.5 Å². The van der Waals surface area contributed by atoms with Crippen LogP contribution in [0.2, 0.25) is 0 Å². The normalized spacial score (nSPS) is 15.4. The van der Waals surface area contributed by atoms with E-state index in [-0.39, 0.29) is 51.4 Å². The fourth-order valence-electron chi connectivity index (χ4n) is 0.717. The van der Waals surface area contributed by atoms with Gasteiger partial charge in [-0.2, -0.15) is 39.5 Å². The maximum absolute atomic E-state index is 12.0. The van der Waals surface area contributed by atoms with E-state index in [0.717, 1.165) is 0 Å². The summed E-state index contributed by atoms with van der Waals surface area (Å²) in [5, 5.41) is 0. The van der Waals surface area contributed by atoms with Crippen molar-refractivity contribution in [3.8, 4) is 0 Å². The van der Waals surface area contributed by atoms with Gasteiger partial charge in [0.05, 0.1) is 3.91 Å². The van der Waals surface area contributed by atoms with Gasteiger partial charge in [0.1, 0.15) is 0 Å². The van der Waals surface area contributed by atoms with Crippen LogP contribution in [0.3, 0.4) is 0 Å². The molecule has 0 spiro atoms. The molecule has 0 atom stereocenters. The van der Waals surface area contributed by atoms with Gasteiger partial charge < -0.3 is 0 Å². The second kappa shape index (κ2) is 6.87. The molecule has 0 heterocycles. The molecule has 0 aliphatic heterocycles. The van der Waals surface area contributed by atoms with Crippen molar-refractivity contribution in [2.75, 3.05) is 0 Å². The van der Waals surface area contributed by atoms with Crippen molar-refractivity contribution in [1.29, 1.82) is 0 Å². The molecule has 0 aromatic heterocycles. The average Bonchev–Trinajstić information content (AvgIpc) is 2.09. The number of hydrogen-bond acceptors (Lipinski definition) is 6.